The van der Waals surface area contributed by atoms with Crippen molar-refractivity contribution >= 4 is 23.4 Å². The second kappa shape index (κ2) is 7.35. The van der Waals surface area contributed by atoms with Crippen molar-refractivity contribution in [2.45, 2.75) is 51.8 Å². The molecule has 1 unspecified atom stereocenters. The van der Waals surface area contributed by atoms with E-state index in [0.717, 1.165) is 36.3 Å². The predicted molar refractivity (Wildman–Crippen MR) is 107 cm³/mol. The Balaban J connectivity index is 1.72. The van der Waals surface area contributed by atoms with Gasteiger partial charge in [-0.25, -0.2) is 15.2 Å². The minimum Gasteiger partial charge on any atom is -0.446 e. The van der Waals surface area contributed by atoms with Crippen LogP contribution >= 0.6 is 0 Å². The Morgan fingerprint density at radius 1 is 1.18 bits per heavy atom. The van der Waals surface area contributed by atoms with Crippen molar-refractivity contribution in [2.24, 2.45) is 5.92 Å². The molecule has 3 aliphatic rings. The van der Waals surface area contributed by atoms with E-state index in [0.29, 0.717) is 6.54 Å². The fourth-order valence-electron chi connectivity index (χ4n) is 3.90. The number of benzene rings is 1. The van der Waals surface area contributed by atoms with E-state index in [1.807, 2.05) is 55.9 Å². The number of hydrazine groups is 2. The molecule has 1 aromatic carbocycles. The van der Waals surface area contributed by atoms with Crippen LogP contribution in [0.1, 0.15) is 45.2 Å². The lowest BCUT2D eigenvalue weighted by Gasteiger charge is -2.41. The summed E-state index contributed by atoms with van der Waals surface area (Å²) in [7, 11) is 1.97. The third-order valence-electron chi connectivity index (χ3n) is 5.45. The molecule has 1 aromatic rings. The van der Waals surface area contributed by atoms with Gasteiger partial charge in [0.25, 0.3) is 0 Å². The van der Waals surface area contributed by atoms with Crippen LogP contribution in [0.3, 0.4) is 0 Å². The highest BCUT2D eigenvalue weighted by atomic mass is 16.6. The average molecular weight is 387 g/mol. The van der Waals surface area contributed by atoms with Gasteiger partial charge in [-0.1, -0.05) is 6.07 Å². The molecule has 0 aromatic heterocycles. The molecular formula is C20H29N5O3. The van der Waals surface area contributed by atoms with Gasteiger partial charge in [-0.3, -0.25) is 9.69 Å². The summed E-state index contributed by atoms with van der Waals surface area (Å²) in [6, 6.07) is 6.02. The number of anilines is 2. The zero-order valence-electron chi connectivity index (χ0n) is 16.9. The van der Waals surface area contributed by atoms with Gasteiger partial charge in [0.2, 0.25) is 5.91 Å². The molecule has 2 N–H and O–H groups in total. The second-order valence-electron chi connectivity index (χ2n) is 8.31. The molecule has 1 saturated heterocycles. The average Bonchev–Trinajstić information content (AvgIpc) is 3.40. The van der Waals surface area contributed by atoms with E-state index in [4.69, 9.17) is 4.74 Å². The molecule has 2 atom stereocenters. The summed E-state index contributed by atoms with van der Waals surface area (Å²) in [5.74, 6) is 0.289. The fraction of sp³-hybridized carbons (Fsp3) is 0.600. The molecule has 8 heteroatoms. The van der Waals surface area contributed by atoms with Crippen LogP contribution in [0.5, 0.6) is 0 Å². The third kappa shape index (κ3) is 3.59. The Kier molecular flexibility index (Phi) is 5.03. The van der Waals surface area contributed by atoms with E-state index in [1.54, 1.807) is 4.90 Å². The molecule has 2 amide bonds. The molecule has 28 heavy (non-hydrogen) atoms. The first-order chi connectivity index (χ1) is 13.3. The van der Waals surface area contributed by atoms with Crippen molar-refractivity contribution < 1.29 is 14.3 Å². The number of nitrogens with one attached hydrogen (secondary N) is 2. The zero-order chi connectivity index (χ0) is 20.0. The largest absolute Gasteiger partial charge is 0.446 e. The summed E-state index contributed by atoms with van der Waals surface area (Å²) in [4.78, 5) is 29.3. The first kappa shape index (κ1) is 19.2. The lowest BCUT2D eigenvalue weighted by Crippen LogP contribution is -2.52. The van der Waals surface area contributed by atoms with Gasteiger partial charge in [0.15, 0.2) is 0 Å². The Bertz CT molecular complexity index is 779. The predicted octanol–water partition coefficient (Wildman–Crippen LogP) is 2.18. The van der Waals surface area contributed by atoms with E-state index in [9.17, 15) is 9.59 Å². The van der Waals surface area contributed by atoms with Gasteiger partial charge in [-0.05, 0) is 51.3 Å². The smallest absolute Gasteiger partial charge is 0.414 e. The second-order valence-corrected chi connectivity index (χ2v) is 8.31. The molecular weight excluding hydrogens is 358 g/mol. The van der Waals surface area contributed by atoms with Crippen molar-refractivity contribution in [3.8, 4) is 0 Å². The van der Waals surface area contributed by atoms with Gasteiger partial charge in [0.05, 0.1) is 29.6 Å². The van der Waals surface area contributed by atoms with Gasteiger partial charge < -0.3 is 9.64 Å². The minimum absolute atomic E-state index is 0.0939. The highest BCUT2D eigenvalue weighted by molar-refractivity contribution is 6.04. The maximum atomic E-state index is 12.9. The van der Waals surface area contributed by atoms with E-state index in [2.05, 4.69) is 11.0 Å². The van der Waals surface area contributed by atoms with Crippen LogP contribution in [0.4, 0.5) is 16.2 Å². The first-order valence-corrected chi connectivity index (χ1v) is 10.0. The molecule has 0 radical (unpaired) electrons. The number of likely N-dealkylation sites (N-methyl/N-ethyl adjacent to an activating group) is 1. The molecule has 0 spiro atoms. The number of amides is 2. The van der Waals surface area contributed by atoms with Gasteiger partial charge >= 0.3 is 6.09 Å². The maximum absolute atomic E-state index is 12.9. The van der Waals surface area contributed by atoms with Gasteiger partial charge in [-0.15, -0.1) is 0 Å². The fourth-order valence-corrected chi connectivity index (χ4v) is 3.90. The summed E-state index contributed by atoms with van der Waals surface area (Å²) >= 11 is 0. The van der Waals surface area contributed by atoms with Crippen molar-refractivity contribution in [3.05, 3.63) is 23.8 Å². The van der Waals surface area contributed by atoms with Crippen molar-refractivity contribution in [1.82, 2.24) is 16.0 Å². The number of hydrogen-bond acceptors (Lipinski definition) is 6. The Labute approximate surface area is 165 Å². The number of nitrogens with zero attached hydrogens (tertiary/aromatic N) is 3. The lowest BCUT2D eigenvalue weighted by molar-refractivity contribution is -0.120. The number of carbonyl (C=O) groups excluding carboxylic acids is 2. The van der Waals surface area contributed by atoms with Crippen molar-refractivity contribution in [1.29, 1.82) is 0 Å². The lowest BCUT2D eigenvalue weighted by atomic mass is 10.0. The summed E-state index contributed by atoms with van der Waals surface area (Å²) < 4.78 is 5.48. The molecule has 1 aliphatic carbocycles. The monoisotopic (exact) mass is 387 g/mol. The zero-order valence-corrected chi connectivity index (χ0v) is 16.9. The van der Waals surface area contributed by atoms with Crippen LogP contribution < -0.4 is 20.8 Å². The van der Waals surface area contributed by atoms with Crippen molar-refractivity contribution in [3.63, 3.8) is 0 Å². The molecule has 0 bridgehead atoms. The van der Waals surface area contributed by atoms with Crippen LogP contribution in [0.2, 0.25) is 0 Å². The van der Waals surface area contributed by atoms with Gasteiger partial charge in [0.1, 0.15) is 0 Å². The van der Waals surface area contributed by atoms with Crippen LogP contribution in [0.15, 0.2) is 18.2 Å². The Hall–Kier alpha value is -2.16. The molecule has 2 heterocycles. The highest BCUT2D eigenvalue weighted by Crippen LogP contribution is 2.41. The number of hydrogen-bond donors (Lipinski definition) is 2. The minimum atomic E-state index is -0.367. The normalized spacial score (nSPS) is 25.2. The number of ether oxygens (including phenoxy) is 1. The topological polar surface area (TPSA) is 77.2 Å². The summed E-state index contributed by atoms with van der Waals surface area (Å²) in [5, 5.41) is 1.97. The van der Waals surface area contributed by atoms with Crippen LogP contribution in [0, 0.1) is 5.92 Å². The van der Waals surface area contributed by atoms with Gasteiger partial charge in [0, 0.05) is 26.1 Å². The van der Waals surface area contributed by atoms with Crippen LogP contribution in [-0.2, 0) is 9.53 Å². The van der Waals surface area contributed by atoms with E-state index in [-0.39, 0.29) is 36.1 Å². The molecule has 8 nitrogen and oxygen atoms in total. The SMILES string of the molecule is CC(C)OC(=O)N1C[C@H](C)N(C(=O)C2CC2)c2ccc(C3CN(C)NN3)cc21. The molecule has 4 rings (SSSR count). The summed E-state index contributed by atoms with van der Waals surface area (Å²) in [5.41, 5.74) is 8.91. The van der Waals surface area contributed by atoms with Crippen molar-refractivity contribution in [2.75, 3.05) is 29.9 Å². The van der Waals surface area contributed by atoms with E-state index < -0.39 is 0 Å². The summed E-state index contributed by atoms with van der Waals surface area (Å²) in [6.07, 6.45) is 1.35. The van der Waals surface area contributed by atoms with E-state index >= 15 is 0 Å². The first-order valence-electron chi connectivity index (χ1n) is 10.0. The molecule has 2 fully saturated rings. The van der Waals surface area contributed by atoms with Crippen LogP contribution in [-0.4, -0.2) is 49.3 Å². The van der Waals surface area contributed by atoms with Crippen LogP contribution in [0.25, 0.3) is 0 Å². The number of carbonyl (C=O) groups is 2. The summed E-state index contributed by atoms with van der Waals surface area (Å²) in [6.45, 7) is 6.90. The Morgan fingerprint density at radius 2 is 1.93 bits per heavy atom. The standard InChI is InChI=1S/C20H29N5O3/c1-12(2)28-20(27)24-10-13(3)25(19(26)14-5-6-14)17-8-7-15(9-18(17)24)16-11-23(4)22-21-16/h7-9,12-14,16,21-22H,5-6,10-11H2,1-4H3/t13-,16?/m0/s1. The maximum Gasteiger partial charge on any atom is 0.414 e. The quantitative estimate of drug-likeness (QED) is 0.828. The molecule has 152 valence electrons. The molecule has 2 aliphatic heterocycles. The highest BCUT2D eigenvalue weighted by Gasteiger charge is 2.41. The third-order valence-corrected chi connectivity index (χ3v) is 5.45. The Morgan fingerprint density at radius 3 is 2.54 bits per heavy atom. The molecule has 1 saturated carbocycles. The number of fused-ring (bicyclic) bond motifs is 1. The number of rotatable bonds is 3. The van der Waals surface area contributed by atoms with E-state index in [1.165, 1.54) is 0 Å². The van der Waals surface area contributed by atoms with Gasteiger partial charge in [-0.2, -0.15) is 5.53 Å².